The molecule has 4 nitrogen and oxygen atoms in total. The van der Waals surface area contributed by atoms with Crippen molar-refractivity contribution in [2.45, 2.75) is 58.9 Å². The van der Waals surface area contributed by atoms with E-state index in [0.717, 1.165) is 29.0 Å². The second-order valence-electron chi connectivity index (χ2n) is 6.33. The molecule has 0 radical (unpaired) electrons. The van der Waals surface area contributed by atoms with Crippen molar-refractivity contribution in [1.29, 1.82) is 0 Å². The highest BCUT2D eigenvalue weighted by Crippen LogP contribution is 2.41. The number of ether oxygens (including phenoxy) is 1. The van der Waals surface area contributed by atoms with Gasteiger partial charge in [0.15, 0.2) is 0 Å². The standard InChI is InChI=1S/C16H27N3O/c1-11-10-18-13(12(2)15(11)20-4)9-14(19-17)16(3)7-5-6-8-16/h10,14,19H,5-9,17H2,1-4H3. The predicted molar refractivity (Wildman–Crippen MR) is 81.7 cm³/mol. The van der Waals surface area contributed by atoms with Crippen molar-refractivity contribution in [3.8, 4) is 5.75 Å². The first kappa shape index (κ1) is 15.3. The summed E-state index contributed by atoms with van der Waals surface area (Å²) in [7, 11) is 1.72. The number of pyridine rings is 1. The smallest absolute Gasteiger partial charge is 0.128 e. The van der Waals surface area contributed by atoms with Crippen molar-refractivity contribution in [2.75, 3.05) is 7.11 Å². The molecule has 20 heavy (non-hydrogen) atoms. The maximum absolute atomic E-state index is 5.83. The van der Waals surface area contributed by atoms with E-state index < -0.39 is 0 Å². The summed E-state index contributed by atoms with van der Waals surface area (Å²) in [5, 5.41) is 0. The molecular weight excluding hydrogens is 250 g/mol. The average molecular weight is 277 g/mol. The lowest BCUT2D eigenvalue weighted by Crippen LogP contribution is -2.47. The third-order valence-electron chi connectivity index (χ3n) is 4.94. The number of methoxy groups -OCH3 is 1. The van der Waals surface area contributed by atoms with Gasteiger partial charge in [0.25, 0.3) is 0 Å². The Morgan fingerprint density at radius 2 is 2.05 bits per heavy atom. The van der Waals surface area contributed by atoms with E-state index in [1.807, 2.05) is 13.1 Å². The fraction of sp³-hybridized carbons (Fsp3) is 0.688. The van der Waals surface area contributed by atoms with E-state index in [1.54, 1.807) is 7.11 Å². The summed E-state index contributed by atoms with van der Waals surface area (Å²) >= 11 is 0. The van der Waals surface area contributed by atoms with Gasteiger partial charge < -0.3 is 4.74 Å². The Morgan fingerprint density at radius 1 is 1.40 bits per heavy atom. The lowest BCUT2D eigenvalue weighted by molar-refractivity contribution is 0.219. The van der Waals surface area contributed by atoms with Gasteiger partial charge in [-0.25, -0.2) is 0 Å². The molecule has 0 saturated heterocycles. The van der Waals surface area contributed by atoms with Gasteiger partial charge in [-0.1, -0.05) is 19.8 Å². The molecule has 4 heteroatoms. The van der Waals surface area contributed by atoms with Gasteiger partial charge in [-0.05, 0) is 32.1 Å². The first-order valence-electron chi connectivity index (χ1n) is 7.47. The lowest BCUT2D eigenvalue weighted by Gasteiger charge is -2.34. The van der Waals surface area contributed by atoms with Crippen LogP contribution in [-0.2, 0) is 6.42 Å². The SMILES string of the molecule is COc1c(C)cnc(CC(NN)C2(C)CCCC2)c1C. The minimum Gasteiger partial charge on any atom is -0.496 e. The number of aryl methyl sites for hydroxylation is 1. The summed E-state index contributed by atoms with van der Waals surface area (Å²) < 4.78 is 5.49. The summed E-state index contributed by atoms with van der Waals surface area (Å²) in [5.41, 5.74) is 6.61. The molecule has 3 N–H and O–H groups in total. The van der Waals surface area contributed by atoms with Crippen LogP contribution < -0.4 is 16.0 Å². The van der Waals surface area contributed by atoms with Crippen LogP contribution in [0.5, 0.6) is 5.75 Å². The number of hydrogen-bond donors (Lipinski definition) is 2. The zero-order valence-electron chi connectivity index (χ0n) is 13.1. The van der Waals surface area contributed by atoms with E-state index in [1.165, 1.54) is 25.7 Å². The van der Waals surface area contributed by atoms with Crippen molar-refractivity contribution in [2.24, 2.45) is 11.3 Å². The van der Waals surface area contributed by atoms with E-state index in [-0.39, 0.29) is 11.5 Å². The van der Waals surface area contributed by atoms with Gasteiger partial charge in [-0.15, -0.1) is 0 Å². The number of aromatic nitrogens is 1. The zero-order valence-corrected chi connectivity index (χ0v) is 13.1. The fourth-order valence-electron chi connectivity index (χ4n) is 3.51. The van der Waals surface area contributed by atoms with Crippen LogP contribution in [0.25, 0.3) is 0 Å². The van der Waals surface area contributed by atoms with Crippen molar-refractivity contribution >= 4 is 0 Å². The summed E-state index contributed by atoms with van der Waals surface area (Å²) in [4.78, 5) is 4.60. The predicted octanol–water partition coefficient (Wildman–Crippen LogP) is 2.66. The van der Waals surface area contributed by atoms with E-state index in [0.29, 0.717) is 0 Å². The number of nitrogens with zero attached hydrogens (tertiary/aromatic N) is 1. The molecule has 0 bridgehead atoms. The second-order valence-corrected chi connectivity index (χ2v) is 6.33. The Bertz CT molecular complexity index is 467. The maximum Gasteiger partial charge on any atom is 0.128 e. The third-order valence-corrected chi connectivity index (χ3v) is 4.94. The van der Waals surface area contributed by atoms with Gasteiger partial charge in [0, 0.05) is 35.5 Å². The first-order valence-corrected chi connectivity index (χ1v) is 7.47. The molecule has 1 atom stereocenters. The fourth-order valence-corrected chi connectivity index (χ4v) is 3.51. The molecule has 1 saturated carbocycles. The van der Waals surface area contributed by atoms with E-state index >= 15 is 0 Å². The molecule has 1 unspecified atom stereocenters. The Balaban J connectivity index is 2.24. The van der Waals surface area contributed by atoms with Crippen LogP contribution in [-0.4, -0.2) is 18.1 Å². The third kappa shape index (κ3) is 2.81. The van der Waals surface area contributed by atoms with Gasteiger partial charge in [-0.2, -0.15) is 0 Å². The van der Waals surface area contributed by atoms with Crippen LogP contribution in [0.4, 0.5) is 0 Å². The van der Waals surface area contributed by atoms with Gasteiger partial charge in [0.05, 0.1) is 7.11 Å². The second kappa shape index (κ2) is 6.10. The minimum absolute atomic E-state index is 0.267. The molecule has 0 spiro atoms. The van der Waals surface area contributed by atoms with E-state index in [4.69, 9.17) is 10.6 Å². The van der Waals surface area contributed by atoms with Gasteiger partial charge in [0.2, 0.25) is 0 Å². The van der Waals surface area contributed by atoms with Crippen LogP contribution in [0.2, 0.25) is 0 Å². The largest absolute Gasteiger partial charge is 0.496 e. The molecule has 1 aromatic rings. The summed E-state index contributed by atoms with van der Waals surface area (Å²) in [6, 6.07) is 0.267. The minimum atomic E-state index is 0.267. The van der Waals surface area contributed by atoms with Crippen LogP contribution in [0, 0.1) is 19.3 Å². The molecule has 2 rings (SSSR count). The molecule has 112 valence electrons. The van der Waals surface area contributed by atoms with Crippen LogP contribution in [0.15, 0.2) is 6.20 Å². The normalized spacial score (nSPS) is 19.1. The van der Waals surface area contributed by atoms with Gasteiger partial charge in [0.1, 0.15) is 5.75 Å². The Morgan fingerprint density at radius 3 is 2.60 bits per heavy atom. The maximum atomic E-state index is 5.83. The highest BCUT2D eigenvalue weighted by molar-refractivity contribution is 5.41. The summed E-state index contributed by atoms with van der Waals surface area (Å²) in [6.07, 6.45) is 7.84. The van der Waals surface area contributed by atoms with Crippen molar-refractivity contribution < 1.29 is 4.74 Å². The monoisotopic (exact) mass is 277 g/mol. The summed E-state index contributed by atoms with van der Waals surface area (Å²) in [5.74, 6) is 6.77. The number of rotatable bonds is 5. The number of hydrazine groups is 1. The Kier molecular flexibility index (Phi) is 4.66. The van der Waals surface area contributed by atoms with E-state index in [2.05, 4.69) is 24.3 Å². The number of nitrogens with one attached hydrogen (secondary N) is 1. The zero-order chi connectivity index (χ0) is 14.8. The van der Waals surface area contributed by atoms with E-state index in [9.17, 15) is 0 Å². The quantitative estimate of drug-likeness (QED) is 0.641. The van der Waals surface area contributed by atoms with Crippen LogP contribution >= 0.6 is 0 Å². The molecule has 1 aliphatic rings. The van der Waals surface area contributed by atoms with Gasteiger partial charge >= 0.3 is 0 Å². The number of nitrogens with two attached hydrogens (primary N) is 1. The van der Waals surface area contributed by atoms with Crippen LogP contribution in [0.3, 0.4) is 0 Å². The molecule has 1 heterocycles. The van der Waals surface area contributed by atoms with Crippen molar-refractivity contribution in [3.63, 3.8) is 0 Å². The highest BCUT2D eigenvalue weighted by atomic mass is 16.5. The lowest BCUT2D eigenvalue weighted by atomic mass is 9.78. The molecular formula is C16H27N3O. The van der Waals surface area contributed by atoms with Crippen LogP contribution in [0.1, 0.15) is 49.4 Å². The molecule has 0 amide bonds. The van der Waals surface area contributed by atoms with Crippen molar-refractivity contribution in [3.05, 3.63) is 23.0 Å². The van der Waals surface area contributed by atoms with Crippen molar-refractivity contribution in [1.82, 2.24) is 10.4 Å². The Labute approximate surface area is 122 Å². The Hall–Kier alpha value is -1.13. The first-order chi connectivity index (χ1) is 9.51. The van der Waals surface area contributed by atoms with Gasteiger partial charge in [-0.3, -0.25) is 16.3 Å². The molecule has 1 fully saturated rings. The molecule has 1 aromatic heterocycles. The topological polar surface area (TPSA) is 60.2 Å². The average Bonchev–Trinajstić information content (AvgIpc) is 2.86. The molecule has 1 aliphatic carbocycles. The molecule has 0 aromatic carbocycles. The number of hydrogen-bond acceptors (Lipinski definition) is 4. The summed E-state index contributed by atoms with van der Waals surface area (Å²) in [6.45, 7) is 6.45. The molecule has 0 aliphatic heterocycles. The highest BCUT2D eigenvalue weighted by Gasteiger charge is 2.37.